The van der Waals surface area contributed by atoms with Crippen molar-refractivity contribution in [1.82, 2.24) is 5.32 Å². The highest BCUT2D eigenvalue weighted by Crippen LogP contribution is 2.20. The summed E-state index contributed by atoms with van der Waals surface area (Å²) >= 11 is 0. The zero-order chi connectivity index (χ0) is 16.7. The SMILES string of the molecule is CCc1cccc(C)c1NC(=O)NCCOc1ccc(F)cc1. The molecule has 2 aromatic carbocycles. The average molecular weight is 316 g/mol. The lowest BCUT2D eigenvalue weighted by Crippen LogP contribution is -2.32. The number of hydrogen-bond donors (Lipinski definition) is 2. The number of benzene rings is 2. The smallest absolute Gasteiger partial charge is 0.319 e. The van der Waals surface area contributed by atoms with Crippen molar-refractivity contribution in [2.45, 2.75) is 20.3 Å². The Hall–Kier alpha value is -2.56. The first-order chi connectivity index (χ1) is 11.1. The van der Waals surface area contributed by atoms with E-state index in [0.29, 0.717) is 18.9 Å². The molecule has 0 spiro atoms. The third-order valence-corrected chi connectivity index (χ3v) is 3.45. The van der Waals surface area contributed by atoms with Crippen LogP contribution < -0.4 is 15.4 Å². The van der Waals surface area contributed by atoms with Gasteiger partial charge < -0.3 is 15.4 Å². The molecule has 2 N–H and O–H groups in total. The first kappa shape index (κ1) is 16.8. The summed E-state index contributed by atoms with van der Waals surface area (Å²) in [6.07, 6.45) is 0.852. The number of urea groups is 1. The number of hydrogen-bond acceptors (Lipinski definition) is 2. The second-order valence-corrected chi connectivity index (χ2v) is 5.15. The molecule has 0 atom stereocenters. The molecular formula is C18H21FN2O2. The van der Waals surface area contributed by atoms with Crippen LogP contribution in [0.4, 0.5) is 14.9 Å². The number of carbonyl (C=O) groups is 1. The molecule has 0 heterocycles. The van der Waals surface area contributed by atoms with E-state index >= 15 is 0 Å². The van der Waals surface area contributed by atoms with Gasteiger partial charge >= 0.3 is 6.03 Å². The molecule has 23 heavy (non-hydrogen) atoms. The standard InChI is InChI=1S/C18H21FN2O2/c1-3-14-6-4-5-13(2)17(14)21-18(22)20-11-12-23-16-9-7-15(19)8-10-16/h4-10H,3,11-12H2,1-2H3,(H2,20,21,22). The van der Waals surface area contributed by atoms with E-state index in [1.165, 1.54) is 12.1 Å². The lowest BCUT2D eigenvalue weighted by Gasteiger charge is -2.14. The van der Waals surface area contributed by atoms with Crippen LogP contribution >= 0.6 is 0 Å². The number of nitrogens with one attached hydrogen (secondary N) is 2. The van der Waals surface area contributed by atoms with Crippen molar-refractivity contribution in [2.75, 3.05) is 18.5 Å². The van der Waals surface area contributed by atoms with Crippen molar-refractivity contribution in [3.8, 4) is 5.75 Å². The third kappa shape index (κ3) is 4.98. The molecule has 0 aliphatic heterocycles. The van der Waals surface area contributed by atoms with Crippen LogP contribution in [0.15, 0.2) is 42.5 Å². The minimum absolute atomic E-state index is 0.267. The van der Waals surface area contributed by atoms with Crippen molar-refractivity contribution < 1.29 is 13.9 Å². The zero-order valence-electron chi connectivity index (χ0n) is 13.4. The van der Waals surface area contributed by atoms with E-state index in [2.05, 4.69) is 10.6 Å². The number of amides is 2. The van der Waals surface area contributed by atoms with Gasteiger partial charge in [-0.25, -0.2) is 9.18 Å². The van der Waals surface area contributed by atoms with E-state index < -0.39 is 0 Å². The largest absolute Gasteiger partial charge is 0.492 e. The monoisotopic (exact) mass is 316 g/mol. The molecule has 0 saturated heterocycles. The Morgan fingerprint density at radius 2 is 1.91 bits per heavy atom. The summed E-state index contributed by atoms with van der Waals surface area (Å²) in [5, 5.41) is 5.62. The molecule has 0 unspecified atom stereocenters. The van der Waals surface area contributed by atoms with E-state index in [4.69, 9.17) is 4.74 Å². The van der Waals surface area contributed by atoms with Gasteiger partial charge in [0, 0.05) is 5.69 Å². The maximum Gasteiger partial charge on any atom is 0.319 e. The topological polar surface area (TPSA) is 50.4 Å². The van der Waals surface area contributed by atoms with E-state index in [9.17, 15) is 9.18 Å². The number of carbonyl (C=O) groups excluding carboxylic acids is 1. The molecule has 122 valence electrons. The molecule has 0 aliphatic rings. The van der Waals surface area contributed by atoms with Gasteiger partial charge in [0.15, 0.2) is 0 Å². The third-order valence-electron chi connectivity index (χ3n) is 3.45. The van der Waals surface area contributed by atoms with Crippen LogP contribution in [-0.4, -0.2) is 19.2 Å². The lowest BCUT2D eigenvalue weighted by atomic mass is 10.1. The molecule has 0 aromatic heterocycles. The van der Waals surface area contributed by atoms with Crippen molar-refractivity contribution in [1.29, 1.82) is 0 Å². The van der Waals surface area contributed by atoms with Crippen LogP contribution in [0.5, 0.6) is 5.75 Å². The molecule has 0 fully saturated rings. The van der Waals surface area contributed by atoms with Gasteiger partial charge in [-0.2, -0.15) is 0 Å². The van der Waals surface area contributed by atoms with Gasteiger partial charge in [0.05, 0.1) is 6.54 Å². The average Bonchev–Trinajstić information content (AvgIpc) is 2.55. The predicted octanol–water partition coefficient (Wildman–Crippen LogP) is 3.90. The molecule has 2 rings (SSSR count). The summed E-state index contributed by atoms with van der Waals surface area (Å²) in [7, 11) is 0. The highest BCUT2D eigenvalue weighted by Gasteiger charge is 2.07. The summed E-state index contributed by atoms with van der Waals surface area (Å²) in [5.41, 5.74) is 2.98. The number of halogens is 1. The van der Waals surface area contributed by atoms with Crippen LogP contribution in [0, 0.1) is 12.7 Å². The van der Waals surface area contributed by atoms with Gasteiger partial charge in [0.25, 0.3) is 0 Å². The normalized spacial score (nSPS) is 10.2. The molecule has 2 amide bonds. The Bertz CT molecular complexity index is 657. The van der Waals surface area contributed by atoms with Gasteiger partial charge in [-0.05, 0) is 48.7 Å². The second-order valence-electron chi connectivity index (χ2n) is 5.15. The number of para-hydroxylation sites is 1. The molecule has 5 heteroatoms. The van der Waals surface area contributed by atoms with Crippen molar-refractivity contribution in [3.63, 3.8) is 0 Å². The van der Waals surface area contributed by atoms with Crippen LogP contribution in [-0.2, 0) is 6.42 Å². The van der Waals surface area contributed by atoms with Crippen LogP contribution in [0.3, 0.4) is 0 Å². The molecule has 0 radical (unpaired) electrons. The quantitative estimate of drug-likeness (QED) is 0.794. The van der Waals surface area contributed by atoms with E-state index in [1.807, 2.05) is 32.0 Å². The lowest BCUT2D eigenvalue weighted by molar-refractivity contribution is 0.247. The molecule has 0 saturated carbocycles. The highest BCUT2D eigenvalue weighted by atomic mass is 19.1. The maximum absolute atomic E-state index is 12.8. The Morgan fingerprint density at radius 3 is 2.61 bits per heavy atom. The Labute approximate surface area is 135 Å². The molecule has 4 nitrogen and oxygen atoms in total. The number of ether oxygens (including phenoxy) is 1. The molecule has 0 bridgehead atoms. The minimum Gasteiger partial charge on any atom is -0.492 e. The van der Waals surface area contributed by atoms with E-state index in [-0.39, 0.29) is 11.8 Å². The van der Waals surface area contributed by atoms with Gasteiger partial charge in [0.1, 0.15) is 18.2 Å². The Kier molecular flexibility index (Phi) is 5.97. The summed E-state index contributed by atoms with van der Waals surface area (Å²) in [6, 6.07) is 11.4. The molecule has 2 aromatic rings. The van der Waals surface area contributed by atoms with Crippen molar-refractivity contribution in [2.24, 2.45) is 0 Å². The Balaban J connectivity index is 1.78. The van der Waals surface area contributed by atoms with E-state index in [1.54, 1.807) is 12.1 Å². The van der Waals surface area contributed by atoms with Gasteiger partial charge in [-0.1, -0.05) is 25.1 Å². The number of anilines is 1. The minimum atomic E-state index is -0.306. The summed E-state index contributed by atoms with van der Waals surface area (Å²) < 4.78 is 18.2. The van der Waals surface area contributed by atoms with Gasteiger partial charge in [0.2, 0.25) is 0 Å². The van der Waals surface area contributed by atoms with Crippen LogP contribution in [0.1, 0.15) is 18.1 Å². The fourth-order valence-electron chi connectivity index (χ4n) is 2.22. The molecular weight excluding hydrogens is 295 g/mol. The summed E-state index contributed by atoms with van der Waals surface area (Å²) in [4.78, 5) is 12.0. The summed E-state index contributed by atoms with van der Waals surface area (Å²) in [5.74, 6) is 0.264. The van der Waals surface area contributed by atoms with Crippen LogP contribution in [0.25, 0.3) is 0 Å². The number of aryl methyl sites for hydroxylation is 2. The van der Waals surface area contributed by atoms with E-state index in [0.717, 1.165) is 23.2 Å². The zero-order valence-corrected chi connectivity index (χ0v) is 13.4. The number of rotatable bonds is 6. The van der Waals surface area contributed by atoms with Crippen LogP contribution in [0.2, 0.25) is 0 Å². The molecule has 0 aliphatic carbocycles. The first-order valence-corrected chi connectivity index (χ1v) is 7.62. The second kappa shape index (κ2) is 8.17. The Morgan fingerprint density at radius 1 is 1.17 bits per heavy atom. The fraction of sp³-hybridized carbons (Fsp3) is 0.278. The van der Waals surface area contributed by atoms with Crippen molar-refractivity contribution >= 4 is 11.7 Å². The maximum atomic E-state index is 12.8. The van der Waals surface area contributed by atoms with Gasteiger partial charge in [-0.3, -0.25) is 0 Å². The summed E-state index contributed by atoms with van der Waals surface area (Å²) in [6.45, 7) is 4.69. The van der Waals surface area contributed by atoms with Crippen molar-refractivity contribution in [3.05, 3.63) is 59.4 Å². The first-order valence-electron chi connectivity index (χ1n) is 7.62. The highest BCUT2D eigenvalue weighted by molar-refractivity contribution is 5.91. The fourth-order valence-corrected chi connectivity index (χ4v) is 2.22. The van der Waals surface area contributed by atoms with Gasteiger partial charge in [-0.15, -0.1) is 0 Å². The predicted molar refractivity (Wildman–Crippen MR) is 89.5 cm³/mol.